The summed E-state index contributed by atoms with van der Waals surface area (Å²) in [5.41, 5.74) is 4.79. The van der Waals surface area contributed by atoms with E-state index < -0.39 is 0 Å². The van der Waals surface area contributed by atoms with Crippen LogP contribution in [0.3, 0.4) is 0 Å². The van der Waals surface area contributed by atoms with Crippen molar-refractivity contribution in [3.05, 3.63) is 71.8 Å². The first-order valence-electron chi connectivity index (χ1n) is 9.99. The van der Waals surface area contributed by atoms with E-state index in [1.54, 1.807) is 37.3 Å². The van der Waals surface area contributed by atoms with Gasteiger partial charge >= 0.3 is 5.13 Å². The number of rotatable bonds is 3. The Morgan fingerprint density at radius 3 is 2.48 bits per heavy atom. The molecule has 1 atom stereocenters. The van der Waals surface area contributed by atoms with E-state index in [1.165, 1.54) is 21.3 Å². The number of methoxy groups -OCH3 is 2. The number of thiazole rings is 1. The second kappa shape index (κ2) is 7.00. The van der Waals surface area contributed by atoms with Gasteiger partial charge in [0.15, 0.2) is 0 Å². The minimum Gasteiger partial charge on any atom is -0.497 e. The van der Waals surface area contributed by atoms with Crippen LogP contribution in [0, 0.1) is 6.92 Å². The van der Waals surface area contributed by atoms with Crippen molar-refractivity contribution >= 4 is 49.3 Å². The van der Waals surface area contributed by atoms with Gasteiger partial charge in [0.25, 0.3) is 5.17 Å². The van der Waals surface area contributed by atoms with E-state index in [9.17, 15) is 0 Å². The van der Waals surface area contributed by atoms with Crippen LogP contribution in [0.4, 0.5) is 10.8 Å². The molecular weight excluding hydrogens is 426 g/mol. The molecule has 0 saturated heterocycles. The molecule has 0 saturated carbocycles. The minimum atomic E-state index is -0.0352. The van der Waals surface area contributed by atoms with Crippen LogP contribution in [0.5, 0.6) is 11.5 Å². The highest BCUT2D eigenvalue weighted by Gasteiger charge is 2.46. The number of hydrogen-bond acceptors (Lipinski definition) is 6. The fourth-order valence-corrected chi connectivity index (χ4v) is 6.47. The van der Waals surface area contributed by atoms with E-state index in [-0.39, 0.29) is 6.17 Å². The highest BCUT2D eigenvalue weighted by Crippen LogP contribution is 2.49. The highest BCUT2D eigenvalue weighted by atomic mass is 32.2. The molecule has 0 amide bonds. The fraction of sp³-hybridized carbons (Fsp3) is 0.167. The lowest BCUT2D eigenvalue weighted by Crippen LogP contribution is -2.53. The molecule has 0 spiro atoms. The Balaban J connectivity index is 1.60. The van der Waals surface area contributed by atoms with Crippen LogP contribution in [-0.4, -0.2) is 19.4 Å². The van der Waals surface area contributed by atoms with Gasteiger partial charge in [0, 0.05) is 10.5 Å². The fourth-order valence-electron chi connectivity index (χ4n) is 4.20. The maximum Gasteiger partial charge on any atom is 0.388 e. The summed E-state index contributed by atoms with van der Waals surface area (Å²) in [6.07, 6.45) is -0.0352. The van der Waals surface area contributed by atoms with Gasteiger partial charge in [0.2, 0.25) is 6.17 Å². The monoisotopic (exact) mass is 446 g/mol. The largest absolute Gasteiger partial charge is 0.497 e. The summed E-state index contributed by atoms with van der Waals surface area (Å²) in [6, 6.07) is 21.2. The number of aromatic nitrogens is 1. The average Bonchev–Trinajstić information content (AvgIpc) is 3.33. The third-order valence-corrected chi connectivity index (χ3v) is 7.75. The number of aryl methyl sites for hydroxylation is 1. The van der Waals surface area contributed by atoms with Gasteiger partial charge in [-0.3, -0.25) is 4.90 Å². The molecule has 1 aromatic heterocycles. The number of hydrogen-bond donors (Lipinski definition) is 0. The van der Waals surface area contributed by atoms with Crippen LogP contribution in [0.2, 0.25) is 0 Å². The molecule has 7 heteroatoms. The zero-order chi connectivity index (χ0) is 21.1. The van der Waals surface area contributed by atoms with E-state index in [0.717, 1.165) is 32.4 Å². The van der Waals surface area contributed by atoms with Crippen molar-refractivity contribution < 1.29 is 14.0 Å². The molecule has 0 bridgehead atoms. The molecule has 1 unspecified atom stereocenters. The van der Waals surface area contributed by atoms with E-state index in [2.05, 4.69) is 58.9 Å². The summed E-state index contributed by atoms with van der Waals surface area (Å²) in [5, 5.41) is 2.01. The minimum absolute atomic E-state index is 0.0352. The third kappa shape index (κ3) is 2.84. The molecule has 3 heterocycles. The Hall–Kier alpha value is -3.03. The lowest BCUT2D eigenvalue weighted by Gasteiger charge is -2.28. The molecule has 3 aromatic carbocycles. The highest BCUT2D eigenvalue weighted by molar-refractivity contribution is 8.14. The average molecular weight is 447 g/mol. The predicted octanol–water partition coefficient (Wildman–Crippen LogP) is 5.67. The zero-order valence-electron chi connectivity index (χ0n) is 17.3. The van der Waals surface area contributed by atoms with Gasteiger partial charge in [-0.25, -0.2) is 0 Å². The third-order valence-electron chi connectivity index (χ3n) is 5.71. The maximum absolute atomic E-state index is 5.46. The summed E-state index contributed by atoms with van der Waals surface area (Å²) in [7, 11) is 3.40. The Kier molecular flexibility index (Phi) is 4.23. The van der Waals surface area contributed by atoms with Crippen LogP contribution in [-0.2, 0) is 0 Å². The maximum atomic E-state index is 5.46. The second-order valence-corrected chi connectivity index (χ2v) is 9.59. The molecular formula is C24H20N3O2S2+. The SMILES string of the molecule is COc1ccc(C2N3C(=Nc4sc5cc(C)ccc5[n+]42)Sc2cc(OC)ccc23)cc1. The van der Waals surface area contributed by atoms with Gasteiger partial charge in [-0.05, 0) is 95.2 Å². The molecule has 5 nitrogen and oxygen atoms in total. The molecule has 31 heavy (non-hydrogen) atoms. The summed E-state index contributed by atoms with van der Waals surface area (Å²) in [4.78, 5) is 8.57. The van der Waals surface area contributed by atoms with Crippen LogP contribution >= 0.6 is 23.1 Å². The molecule has 6 rings (SSSR count). The normalized spacial score (nSPS) is 16.5. The smallest absolute Gasteiger partial charge is 0.388 e. The van der Waals surface area contributed by atoms with Crippen molar-refractivity contribution in [2.45, 2.75) is 18.0 Å². The number of benzene rings is 3. The molecule has 2 aliphatic rings. The van der Waals surface area contributed by atoms with Crippen molar-refractivity contribution in [2.75, 3.05) is 19.1 Å². The summed E-state index contributed by atoms with van der Waals surface area (Å²) in [5.74, 6) is 1.71. The Bertz CT molecular complexity index is 1360. The molecule has 0 radical (unpaired) electrons. The molecule has 0 aliphatic carbocycles. The van der Waals surface area contributed by atoms with Crippen molar-refractivity contribution in [3.8, 4) is 11.5 Å². The van der Waals surface area contributed by atoms with Gasteiger partial charge in [-0.2, -0.15) is 4.57 Å². The number of fused-ring (bicyclic) bond motifs is 6. The Morgan fingerprint density at radius 2 is 1.71 bits per heavy atom. The molecule has 0 N–H and O–H groups in total. The lowest BCUT2D eigenvalue weighted by molar-refractivity contribution is -0.671. The molecule has 4 aromatic rings. The topological polar surface area (TPSA) is 37.9 Å². The standard InChI is InChI=1S/C24H20N3O2S2/c1-14-4-10-18-20(12-14)30-23-25-24-27(19-11-9-17(29-3)13-21(19)31-24)22(26(18)23)15-5-7-16(28-2)8-6-15/h4-13,22H,1-3H3/q+1. The second-order valence-electron chi connectivity index (χ2n) is 7.57. The molecule has 154 valence electrons. The van der Waals surface area contributed by atoms with Crippen LogP contribution in [0.1, 0.15) is 17.3 Å². The van der Waals surface area contributed by atoms with Crippen molar-refractivity contribution in [2.24, 2.45) is 4.99 Å². The van der Waals surface area contributed by atoms with Gasteiger partial charge in [0.05, 0.1) is 24.6 Å². The van der Waals surface area contributed by atoms with Crippen molar-refractivity contribution in [1.82, 2.24) is 0 Å². The molecule has 0 fully saturated rings. The van der Waals surface area contributed by atoms with Crippen molar-refractivity contribution in [3.63, 3.8) is 0 Å². The number of amidine groups is 1. The quantitative estimate of drug-likeness (QED) is 0.380. The molecule has 2 aliphatic heterocycles. The predicted molar refractivity (Wildman–Crippen MR) is 126 cm³/mol. The van der Waals surface area contributed by atoms with Gasteiger partial charge in [-0.15, -0.1) is 0 Å². The van der Waals surface area contributed by atoms with E-state index in [4.69, 9.17) is 14.5 Å². The number of nitrogens with zero attached hydrogens (tertiary/aromatic N) is 3. The first-order chi connectivity index (χ1) is 15.2. The summed E-state index contributed by atoms with van der Waals surface area (Å²) < 4.78 is 14.5. The van der Waals surface area contributed by atoms with E-state index >= 15 is 0 Å². The number of aliphatic imine (C=N–C) groups is 1. The zero-order valence-corrected chi connectivity index (χ0v) is 19.0. The number of anilines is 1. The Labute approximate surface area is 188 Å². The van der Waals surface area contributed by atoms with Crippen molar-refractivity contribution in [1.29, 1.82) is 0 Å². The van der Waals surface area contributed by atoms with Crippen LogP contribution < -0.4 is 18.9 Å². The van der Waals surface area contributed by atoms with Gasteiger partial charge < -0.3 is 9.47 Å². The number of ether oxygens (including phenoxy) is 2. The number of thioether (sulfide) groups is 1. The first-order valence-corrected chi connectivity index (χ1v) is 11.6. The summed E-state index contributed by atoms with van der Waals surface area (Å²) in [6.45, 7) is 2.13. The first kappa shape index (κ1) is 18.7. The van der Waals surface area contributed by atoms with Crippen LogP contribution in [0.15, 0.2) is 70.6 Å². The van der Waals surface area contributed by atoms with Gasteiger partial charge in [-0.1, -0.05) is 6.07 Å². The summed E-state index contributed by atoms with van der Waals surface area (Å²) >= 11 is 3.44. The Morgan fingerprint density at radius 1 is 0.935 bits per heavy atom. The lowest BCUT2D eigenvalue weighted by atomic mass is 10.1. The van der Waals surface area contributed by atoms with Gasteiger partial charge in [0.1, 0.15) is 17.0 Å². The van der Waals surface area contributed by atoms with E-state index in [0.29, 0.717) is 0 Å². The van der Waals surface area contributed by atoms with Crippen LogP contribution in [0.25, 0.3) is 10.2 Å². The van der Waals surface area contributed by atoms with E-state index in [1.807, 2.05) is 18.2 Å².